The van der Waals surface area contributed by atoms with Crippen molar-refractivity contribution in [2.24, 2.45) is 0 Å². The first-order valence-electron chi connectivity index (χ1n) is 11.5. The molecule has 1 N–H and O–H groups in total. The first-order valence-corrected chi connectivity index (χ1v) is 13.0. The summed E-state index contributed by atoms with van der Waals surface area (Å²) in [6.45, 7) is 0. The summed E-state index contributed by atoms with van der Waals surface area (Å²) in [5, 5.41) is 10.4. The number of nitrogens with one attached hydrogen (secondary N) is 1. The number of halogens is 3. The van der Waals surface area contributed by atoms with E-state index in [1.165, 1.54) is 12.8 Å². The van der Waals surface area contributed by atoms with Crippen molar-refractivity contribution in [3.05, 3.63) is 77.9 Å². The minimum atomic E-state index is -5.70. The Kier molecular flexibility index (Phi) is 6.36. The van der Waals surface area contributed by atoms with Gasteiger partial charge >= 0.3 is 5.51 Å². The summed E-state index contributed by atoms with van der Waals surface area (Å²) in [4.78, 5) is 18.8. The second-order valence-corrected chi connectivity index (χ2v) is 10.6. The van der Waals surface area contributed by atoms with Gasteiger partial charge in [0.1, 0.15) is 11.0 Å². The Bertz CT molecular complexity index is 1560. The lowest BCUT2D eigenvalue weighted by Gasteiger charge is -2.14. The fourth-order valence-corrected chi connectivity index (χ4v) is 5.16. The molecule has 192 valence electrons. The summed E-state index contributed by atoms with van der Waals surface area (Å²) >= 11 is 0. The first-order chi connectivity index (χ1) is 17.6. The number of anilines is 1. The largest absolute Gasteiger partial charge is 0.501 e. The van der Waals surface area contributed by atoms with E-state index in [4.69, 9.17) is 4.84 Å². The van der Waals surface area contributed by atoms with Crippen LogP contribution in [-0.4, -0.2) is 35.0 Å². The van der Waals surface area contributed by atoms with Gasteiger partial charge in [-0.1, -0.05) is 42.0 Å². The van der Waals surface area contributed by atoms with Gasteiger partial charge in [0, 0.05) is 5.69 Å². The van der Waals surface area contributed by atoms with Crippen molar-refractivity contribution in [2.45, 2.75) is 42.0 Å². The summed E-state index contributed by atoms with van der Waals surface area (Å²) in [6, 6.07) is 16.3. The van der Waals surface area contributed by atoms with E-state index in [2.05, 4.69) is 15.6 Å². The highest BCUT2D eigenvalue weighted by atomic mass is 32.2. The molecule has 0 aliphatic heterocycles. The number of carbonyl (C=O) groups excluding carboxylic acids is 1. The predicted octanol–water partition coefficient (Wildman–Crippen LogP) is 5.48. The Morgan fingerprint density at radius 3 is 2.41 bits per heavy atom. The van der Waals surface area contributed by atoms with Crippen LogP contribution in [0.25, 0.3) is 11.0 Å². The highest BCUT2D eigenvalue weighted by Crippen LogP contribution is 2.35. The van der Waals surface area contributed by atoms with E-state index in [0.29, 0.717) is 28.7 Å². The number of rotatable bonds is 6. The summed E-state index contributed by atoms with van der Waals surface area (Å²) in [5.41, 5.74) is -3.51. The number of alkyl halides is 3. The molecule has 0 spiro atoms. The molecule has 0 atom stereocenters. The van der Waals surface area contributed by atoms with Crippen LogP contribution in [0.3, 0.4) is 0 Å². The van der Waals surface area contributed by atoms with Gasteiger partial charge in [-0.3, -0.25) is 4.79 Å². The predicted molar refractivity (Wildman–Crippen MR) is 129 cm³/mol. The summed E-state index contributed by atoms with van der Waals surface area (Å²) in [5.74, 6) is -0.601. The normalized spacial score (nSPS) is 14.7. The third-order valence-corrected chi connectivity index (χ3v) is 7.80. The average molecular weight is 531 g/mol. The fourth-order valence-electron chi connectivity index (χ4n) is 4.37. The number of para-hydroxylation sites is 1. The van der Waals surface area contributed by atoms with Gasteiger partial charge in [-0.25, -0.2) is 8.42 Å². The van der Waals surface area contributed by atoms with Crippen LogP contribution >= 0.6 is 0 Å². The van der Waals surface area contributed by atoms with E-state index < -0.39 is 31.7 Å². The second-order valence-electron chi connectivity index (χ2n) is 8.71. The molecule has 1 heterocycles. The summed E-state index contributed by atoms with van der Waals surface area (Å²) in [7, 11) is -5.70. The van der Waals surface area contributed by atoms with E-state index in [0.717, 1.165) is 35.4 Å². The smallest absolute Gasteiger partial charge is 0.355 e. The molecule has 0 bridgehead atoms. The number of fused-ring (bicyclic) bond motifs is 1. The average Bonchev–Trinajstić information content (AvgIpc) is 3.55. The zero-order chi connectivity index (χ0) is 26.2. The van der Waals surface area contributed by atoms with E-state index in [1.54, 1.807) is 36.4 Å². The molecule has 1 aliphatic rings. The Balaban J connectivity index is 1.49. The van der Waals surface area contributed by atoms with Crippen LogP contribution in [-0.2, 0) is 9.84 Å². The summed E-state index contributed by atoms with van der Waals surface area (Å²) in [6.07, 6.45) is 4.54. The van der Waals surface area contributed by atoms with Crippen molar-refractivity contribution in [1.82, 2.24) is 15.2 Å². The van der Waals surface area contributed by atoms with E-state index in [-0.39, 0.29) is 5.75 Å². The Morgan fingerprint density at radius 2 is 1.70 bits per heavy atom. The van der Waals surface area contributed by atoms with Crippen LogP contribution < -0.4 is 10.2 Å². The van der Waals surface area contributed by atoms with Crippen LogP contribution in [0.1, 0.15) is 47.5 Å². The van der Waals surface area contributed by atoms with Crippen molar-refractivity contribution in [2.75, 3.05) is 5.32 Å². The number of sulfone groups is 1. The highest BCUT2D eigenvalue weighted by molar-refractivity contribution is 7.92. The molecule has 12 heteroatoms. The molecule has 1 aromatic heterocycles. The van der Waals surface area contributed by atoms with Gasteiger partial charge in [0.05, 0.1) is 10.5 Å². The molecule has 37 heavy (non-hydrogen) atoms. The number of aromatic nitrogens is 3. The van der Waals surface area contributed by atoms with Crippen molar-refractivity contribution >= 4 is 32.5 Å². The molecule has 1 fully saturated rings. The number of carbonyl (C=O) groups is 1. The van der Waals surface area contributed by atoms with Crippen LogP contribution in [0, 0.1) is 0 Å². The van der Waals surface area contributed by atoms with Gasteiger partial charge in [0.2, 0.25) is 0 Å². The SMILES string of the molecule is O=C(Nc1ccc(C2CCCC2)cc1)c1cc(S(=O)(=O)C(F)(F)F)ccc1On1nnc2ccccc21. The molecular formula is C25H21F3N4O4S. The monoisotopic (exact) mass is 530 g/mol. The Morgan fingerprint density at radius 1 is 1.00 bits per heavy atom. The van der Waals surface area contributed by atoms with Crippen molar-refractivity contribution < 1.29 is 31.2 Å². The molecule has 1 saturated carbocycles. The third kappa shape index (κ3) is 4.88. The van der Waals surface area contributed by atoms with E-state index >= 15 is 0 Å². The second kappa shape index (κ2) is 9.51. The molecule has 3 aromatic carbocycles. The number of benzene rings is 3. The van der Waals surface area contributed by atoms with Gasteiger partial charge in [-0.15, -0.1) is 5.10 Å². The maximum atomic E-state index is 13.2. The van der Waals surface area contributed by atoms with E-state index in [1.807, 2.05) is 12.1 Å². The van der Waals surface area contributed by atoms with Crippen LogP contribution in [0.2, 0.25) is 0 Å². The molecule has 1 aliphatic carbocycles. The van der Waals surface area contributed by atoms with E-state index in [9.17, 15) is 26.4 Å². The molecular weight excluding hydrogens is 509 g/mol. The maximum absolute atomic E-state index is 13.2. The van der Waals surface area contributed by atoms with Crippen LogP contribution in [0.5, 0.6) is 5.75 Å². The van der Waals surface area contributed by atoms with Gasteiger partial charge in [-0.05, 0) is 72.0 Å². The molecule has 4 aromatic rings. The highest BCUT2D eigenvalue weighted by Gasteiger charge is 2.47. The van der Waals surface area contributed by atoms with Crippen LogP contribution in [0.15, 0.2) is 71.6 Å². The zero-order valence-electron chi connectivity index (χ0n) is 19.3. The fraction of sp³-hybridized carbons (Fsp3) is 0.240. The van der Waals surface area contributed by atoms with Crippen LogP contribution in [0.4, 0.5) is 18.9 Å². The minimum Gasteiger partial charge on any atom is -0.355 e. The Hall–Kier alpha value is -3.93. The number of amides is 1. The lowest BCUT2D eigenvalue weighted by molar-refractivity contribution is -0.0436. The van der Waals surface area contributed by atoms with Gasteiger partial charge in [-0.2, -0.15) is 13.2 Å². The standard InChI is InChI=1S/C25H21F3N4O4S/c26-25(27,28)37(34,35)19-13-14-23(36-32-22-8-4-3-7-21(22)30-31-32)20(15-19)24(33)29-18-11-9-17(10-12-18)16-5-1-2-6-16/h3-4,7-16H,1-2,5-6H2,(H,29,33). The maximum Gasteiger partial charge on any atom is 0.501 e. The zero-order valence-corrected chi connectivity index (χ0v) is 20.1. The minimum absolute atomic E-state index is 0.211. The van der Waals surface area contributed by atoms with Crippen molar-refractivity contribution in [1.29, 1.82) is 0 Å². The topological polar surface area (TPSA) is 103 Å². The third-order valence-electron chi connectivity index (χ3n) is 6.31. The number of nitrogens with zero attached hydrogens (tertiary/aromatic N) is 3. The lowest BCUT2D eigenvalue weighted by atomic mass is 9.97. The molecule has 0 radical (unpaired) electrons. The quantitative estimate of drug-likeness (QED) is 0.354. The summed E-state index contributed by atoms with van der Waals surface area (Å²) < 4.78 is 63.7. The molecule has 5 rings (SSSR count). The molecule has 1 amide bonds. The Labute approximate surface area is 209 Å². The number of hydrogen-bond donors (Lipinski definition) is 1. The molecule has 0 unspecified atom stereocenters. The van der Waals surface area contributed by atoms with Gasteiger partial charge in [0.15, 0.2) is 5.75 Å². The van der Waals surface area contributed by atoms with Gasteiger partial charge in [0.25, 0.3) is 15.7 Å². The number of hydrogen-bond acceptors (Lipinski definition) is 6. The molecule has 0 saturated heterocycles. The molecule has 8 nitrogen and oxygen atoms in total. The van der Waals surface area contributed by atoms with Crippen molar-refractivity contribution in [3.8, 4) is 5.75 Å². The van der Waals surface area contributed by atoms with Crippen molar-refractivity contribution in [3.63, 3.8) is 0 Å². The van der Waals surface area contributed by atoms with Gasteiger partial charge < -0.3 is 10.2 Å². The lowest BCUT2D eigenvalue weighted by Crippen LogP contribution is -2.24. The first kappa shape index (κ1) is 24.8.